The summed E-state index contributed by atoms with van der Waals surface area (Å²) in [5.41, 5.74) is 2.38. The lowest BCUT2D eigenvalue weighted by atomic mass is 10.1. The van der Waals surface area contributed by atoms with Crippen molar-refractivity contribution in [1.29, 1.82) is 0 Å². The molecule has 0 aliphatic carbocycles. The quantitative estimate of drug-likeness (QED) is 0.828. The maximum Gasteiger partial charge on any atom is 0.280 e. The second-order valence-electron chi connectivity index (χ2n) is 4.90. The summed E-state index contributed by atoms with van der Waals surface area (Å²) < 4.78 is 0.831. The SMILES string of the molecule is CC1=NN(c2ccccc2)C(=O)/C1=C\c1cc(Br)ccc1O. The minimum atomic E-state index is -0.205. The summed E-state index contributed by atoms with van der Waals surface area (Å²) in [4.78, 5) is 12.6. The zero-order valence-electron chi connectivity index (χ0n) is 11.8. The van der Waals surface area contributed by atoms with Gasteiger partial charge in [0.1, 0.15) is 5.75 Å². The van der Waals surface area contributed by atoms with Crippen LogP contribution in [-0.2, 0) is 4.79 Å². The average Bonchev–Trinajstić information content (AvgIpc) is 2.80. The summed E-state index contributed by atoms with van der Waals surface area (Å²) >= 11 is 3.36. The Kier molecular flexibility index (Phi) is 3.81. The molecule has 1 aliphatic heterocycles. The number of carbonyl (C=O) groups excluding carboxylic acids is 1. The van der Waals surface area contributed by atoms with Crippen molar-refractivity contribution in [3.63, 3.8) is 0 Å². The molecule has 110 valence electrons. The molecule has 5 heteroatoms. The number of anilines is 1. The molecule has 0 unspecified atom stereocenters. The third kappa shape index (κ3) is 2.67. The van der Waals surface area contributed by atoms with E-state index in [1.165, 1.54) is 5.01 Å². The molecule has 0 saturated heterocycles. The normalized spacial score (nSPS) is 16.3. The fourth-order valence-corrected chi connectivity index (χ4v) is 2.60. The molecule has 3 rings (SSSR count). The van der Waals surface area contributed by atoms with E-state index in [9.17, 15) is 9.90 Å². The Hall–Kier alpha value is -2.40. The van der Waals surface area contributed by atoms with Crippen LogP contribution in [0.1, 0.15) is 12.5 Å². The van der Waals surface area contributed by atoms with E-state index in [0.29, 0.717) is 22.5 Å². The summed E-state index contributed by atoms with van der Waals surface area (Å²) in [5, 5.41) is 15.6. The number of phenols is 1. The number of hydrazone groups is 1. The van der Waals surface area contributed by atoms with E-state index in [4.69, 9.17) is 0 Å². The second kappa shape index (κ2) is 5.77. The highest BCUT2D eigenvalue weighted by molar-refractivity contribution is 9.10. The minimum Gasteiger partial charge on any atom is -0.507 e. The van der Waals surface area contributed by atoms with Crippen LogP contribution in [0.25, 0.3) is 6.08 Å². The number of carbonyl (C=O) groups is 1. The number of benzene rings is 2. The van der Waals surface area contributed by atoms with E-state index in [1.807, 2.05) is 30.3 Å². The van der Waals surface area contributed by atoms with Crippen LogP contribution < -0.4 is 5.01 Å². The predicted molar refractivity (Wildman–Crippen MR) is 90.8 cm³/mol. The van der Waals surface area contributed by atoms with E-state index >= 15 is 0 Å². The first kappa shape index (κ1) is 14.5. The molecule has 0 saturated carbocycles. The van der Waals surface area contributed by atoms with Crippen LogP contribution in [0.2, 0.25) is 0 Å². The topological polar surface area (TPSA) is 52.9 Å². The van der Waals surface area contributed by atoms with Crippen LogP contribution in [0, 0.1) is 0 Å². The lowest BCUT2D eigenvalue weighted by molar-refractivity contribution is -0.114. The van der Waals surface area contributed by atoms with Gasteiger partial charge in [0.15, 0.2) is 0 Å². The minimum absolute atomic E-state index is 0.120. The predicted octanol–water partition coefficient (Wildman–Crippen LogP) is 3.96. The zero-order chi connectivity index (χ0) is 15.7. The third-order valence-corrected chi connectivity index (χ3v) is 3.85. The van der Waals surface area contributed by atoms with E-state index < -0.39 is 0 Å². The van der Waals surface area contributed by atoms with Gasteiger partial charge in [-0.25, -0.2) is 0 Å². The van der Waals surface area contributed by atoms with Gasteiger partial charge in [0.2, 0.25) is 0 Å². The van der Waals surface area contributed by atoms with Crippen LogP contribution in [-0.4, -0.2) is 16.7 Å². The standard InChI is InChI=1S/C17H13BrN2O2/c1-11-15(10-12-9-13(18)7-8-16(12)21)17(22)20(19-11)14-5-3-2-4-6-14/h2-10,21H,1H3/b15-10-. The maximum atomic E-state index is 12.6. The largest absolute Gasteiger partial charge is 0.507 e. The molecule has 0 spiro atoms. The maximum absolute atomic E-state index is 12.6. The molecule has 2 aromatic carbocycles. The molecular formula is C17H13BrN2O2. The van der Waals surface area contributed by atoms with Crippen LogP contribution in [0.5, 0.6) is 5.75 Å². The fourth-order valence-electron chi connectivity index (χ4n) is 2.22. The molecule has 0 fully saturated rings. The first-order chi connectivity index (χ1) is 10.6. The third-order valence-electron chi connectivity index (χ3n) is 3.35. The molecule has 0 bridgehead atoms. The highest BCUT2D eigenvalue weighted by Gasteiger charge is 2.28. The van der Waals surface area contributed by atoms with E-state index in [2.05, 4.69) is 21.0 Å². The molecule has 0 aromatic heterocycles. The molecule has 0 atom stereocenters. The van der Waals surface area contributed by atoms with Gasteiger partial charge in [-0.3, -0.25) is 4.79 Å². The molecule has 1 amide bonds. The average molecular weight is 357 g/mol. The number of halogens is 1. The van der Waals surface area contributed by atoms with Gasteiger partial charge in [0, 0.05) is 10.0 Å². The summed E-state index contributed by atoms with van der Waals surface area (Å²) in [6.45, 7) is 1.78. The number of hydrogen-bond acceptors (Lipinski definition) is 3. The van der Waals surface area contributed by atoms with Crippen LogP contribution >= 0.6 is 15.9 Å². The van der Waals surface area contributed by atoms with Gasteiger partial charge in [-0.05, 0) is 43.3 Å². The van der Waals surface area contributed by atoms with Gasteiger partial charge in [-0.15, -0.1) is 0 Å². The number of phenolic OH excluding ortho intramolecular Hbond substituents is 1. The number of hydrogen-bond donors (Lipinski definition) is 1. The second-order valence-corrected chi connectivity index (χ2v) is 5.81. The van der Waals surface area contributed by atoms with Gasteiger partial charge in [0.05, 0.1) is 17.0 Å². The van der Waals surface area contributed by atoms with E-state index in [1.54, 1.807) is 31.2 Å². The Bertz CT molecular complexity index is 798. The number of para-hydroxylation sites is 1. The number of amides is 1. The molecule has 4 nitrogen and oxygen atoms in total. The Labute approximate surface area is 136 Å². The van der Waals surface area contributed by atoms with Crippen LogP contribution in [0.4, 0.5) is 5.69 Å². The van der Waals surface area contributed by atoms with E-state index in [-0.39, 0.29) is 11.7 Å². The van der Waals surface area contributed by atoms with Gasteiger partial charge in [0.25, 0.3) is 5.91 Å². The lowest BCUT2D eigenvalue weighted by Gasteiger charge is -2.11. The van der Waals surface area contributed by atoms with Gasteiger partial charge >= 0.3 is 0 Å². The lowest BCUT2D eigenvalue weighted by Crippen LogP contribution is -2.21. The first-order valence-electron chi connectivity index (χ1n) is 6.71. The van der Waals surface area contributed by atoms with Crippen molar-refractivity contribution < 1.29 is 9.90 Å². The van der Waals surface area contributed by atoms with Crippen molar-refractivity contribution in [2.45, 2.75) is 6.92 Å². The molecule has 1 heterocycles. The fraction of sp³-hybridized carbons (Fsp3) is 0.0588. The van der Waals surface area contributed by atoms with E-state index in [0.717, 1.165) is 4.47 Å². The summed E-state index contributed by atoms with van der Waals surface area (Å²) in [5.74, 6) is -0.0856. The van der Waals surface area contributed by atoms with Crippen molar-refractivity contribution in [2.24, 2.45) is 5.10 Å². The van der Waals surface area contributed by atoms with Crippen molar-refractivity contribution in [3.8, 4) is 5.75 Å². The molecule has 1 N–H and O–H groups in total. The Morgan fingerprint density at radius 1 is 1.18 bits per heavy atom. The molecule has 0 radical (unpaired) electrons. The zero-order valence-corrected chi connectivity index (χ0v) is 13.4. The van der Waals surface area contributed by atoms with Gasteiger partial charge in [-0.1, -0.05) is 34.1 Å². The first-order valence-corrected chi connectivity index (χ1v) is 7.51. The van der Waals surface area contributed by atoms with Gasteiger partial charge in [-0.2, -0.15) is 10.1 Å². The van der Waals surface area contributed by atoms with Crippen molar-refractivity contribution in [3.05, 3.63) is 64.1 Å². The molecule has 1 aliphatic rings. The monoisotopic (exact) mass is 356 g/mol. The summed E-state index contributed by atoms with van der Waals surface area (Å²) in [6, 6.07) is 14.3. The molecule has 2 aromatic rings. The van der Waals surface area contributed by atoms with Crippen molar-refractivity contribution >= 4 is 39.3 Å². The number of rotatable bonds is 2. The number of nitrogens with zero attached hydrogens (tertiary/aromatic N) is 2. The smallest absolute Gasteiger partial charge is 0.280 e. The Morgan fingerprint density at radius 2 is 1.91 bits per heavy atom. The molecule has 22 heavy (non-hydrogen) atoms. The summed E-state index contributed by atoms with van der Waals surface area (Å²) in [6.07, 6.45) is 1.66. The molecular weight excluding hydrogens is 344 g/mol. The van der Waals surface area contributed by atoms with Crippen LogP contribution in [0.15, 0.2) is 63.7 Å². The van der Waals surface area contributed by atoms with Crippen LogP contribution in [0.3, 0.4) is 0 Å². The summed E-state index contributed by atoms with van der Waals surface area (Å²) in [7, 11) is 0. The Balaban J connectivity index is 2.00. The Morgan fingerprint density at radius 3 is 2.64 bits per heavy atom. The highest BCUT2D eigenvalue weighted by atomic mass is 79.9. The van der Waals surface area contributed by atoms with Gasteiger partial charge < -0.3 is 5.11 Å². The number of aromatic hydroxyl groups is 1. The van der Waals surface area contributed by atoms with Crippen molar-refractivity contribution in [2.75, 3.05) is 5.01 Å². The highest BCUT2D eigenvalue weighted by Crippen LogP contribution is 2.28. The van der Waals surface area contributed by atoms with Crippen molar-refractivity contribution in [1.82, 2.24) is 0 Å².